The van der Waals surface area contributed by atoms with Crippen LogP contribution in [0.25, 0.3) is 0 Å². The molecule has 0 heterocycles. The van der Waals surface area contributed by atoms with Crippen molar-refractivity contribution in [3.63, 3.8) is 0 Å². The highest BCUT2D eigenvalue weighted by molar-refractivity contribution is 8.00. The molecule has 1 unspecified atom stereocenters. The van der Waals surface area contributed by atoms with Crippen LogP contribution in [0.2, 0.25) is 10.0 Å². The van der Waals surface area contributed by atoms with Crippen molar-refractivity contribution in [2.75, 3.05) is 5.75 Å². The van der Waals surface area contributed by atoms with E-state index in [1.54, 1.807) is 12.1 Å². The number of rotatable bonds is 7. The van der Waals surface area contributed by atoms with Gasteiger partial charge in [0.15, 0.2) is 5.78 Å². The van der Waals surface area contributed by atoms with Gasteiger partial charge in [-0.15, -0.1) is 11.8 Å². The molecule has 0 radical (unpaired) electrons. The minimum Gasteiger partial charge on any atom is -0.481 e. The zero-order valence-corrected chi connectivity index (χ0v) is 14.4. The number of carboxylic acids is 1. The second-order valence-electron chi connectivity index (χ2n) is 4.86. The molecule has 6 heteroatoms. The molecule has 0 saturated carbocycles. The number of benzene rings is 2. The van der Waals surface area contributed by atoms with E-state index >= 15 is 0 Å². The first kappa shape index (κ1) is 17.9. The Balaban J connectivity index is 2.19. The van der Waals surface area contributed by atoms with Crippen molar-refractivity contribution < 1.29 is 14.7 Å². The van der Waals surface area contributed by atoms with Crippen LogP contribution in [0.3, 0.4) is 0 Å². The van der Waals surface area contributed by atoms with Crippen molar-refractivity contribution in [2.24, 2.45) is 0 Å². The number of thioether (sulfide) groups is 1. The second kappa shape index (κ2) is 8.39. The summed E-state index contributed by atoms with van der Waals surface area (Å²) < 4.78 is 0. The number of carboxylic acid groups (broad SMARTS) is 1. The van der Waals surface area contributed by atoms with Gasteiger partial charge < -0.3 is 5.11 Å². The number of carbonyl (C=O) groups excluding carboxylic acids is 1. The number of aliphatic carboxylic acids is 1. The van der Waals surface area contributed by atoms with Gasteiger partial charge in [-0.1, -0.05) is 53.5 Å². The van der Waals surface area contributed by atoms with E-state index in [4.69, 9.17) is 28.3 Å². The molecule has 0 aromatic heterocycles. The van der Waals surface area contributed by atoms with Crippen LogP contribution in [0, 0.1) is 0 Å². The van der Waals surface area contributed by atoms with Gasteiger partial charge >= 0.3 is 5.97 Å². The average Bonchev–Trinajstić information content (AvgIpc) is 2.51. The number of ketones is 1. The van der Waals surface area contributed by atoms with Gasteiger partial charge in [0.25, 0.3) is 0 Å². The molecule has 2 aromatic rings. The van der Waals surface area contributed by atoms with Gasteiger partial charge in [0.1, 0.15) is 0 Å². The third-order valence-corrected chi connectivity index (χ3v) is 4.98. The predicted molar refractivity (Wildman–Crippen MR) is 94.7 cm³/mol. The molecule has 0 bridgehead atoms. The van der Waals surface area contributed by atoms with E-state index in [0.717, 1.165) is 5.56 Å². The molecule has 1 atom stereocenters. The average molecular weight is 369 g/mol. The lowest BCUT2D eigenvalue weighted by molar-refractivity contribution is -0.133. The normalized spacial score (nSPS) is 11.9. The monoisotopic (exact) mass is 368 g/mol. The van der Waals surface area contributed by atoms with Crippen LogP contribution in [0.15, 0.2) is 48.5 Å². The van der Waals surface area contributed by atoms with Gasteiger partial charge in [-0.05, 0) is 23.8 Å². The minimum atomic E-state index is -0.909. The first-order valence-corrected chi connectivity index (χ1v) is 8.64. The molecule has 120 valence electrons. The van der Waals surface area contributed by atoms with E-state index in [1.165, 1.54) is 17.8 Å². The number of hydrogen-bond acceptors (Lipinski definition) is 3. The summed E-state index contributed by atoms with van der Waals surface area (Å²) in [4.78, 5) is 23.4. The lowest BCUT2D eigenvalue weighted by Gasteiger charge is -2.16. The molecule has 23 heavy (non-hydrogen) atoms. The highest BCUT2D eigenvalue weighted by atomic mass is 35.5. The predicted octanol–water partition coefficient (Wildman–Crippen LogP) is 5.13. The van der Waals surface area contributed by atoms with Gasteiger partial charge in [0, 0.05) is 22.3 Å². The van der Waals surface area contributed by atoms with Gasteiger partial charge in [0.2, 0.25) is 0 Å². The van der Waals surface area contributed by atoms with Crippen LogP contribution in [0.5, 0.6) is 0 Å². The van der Waals surface area contributed by atoms with E-state index in [2.05, 4.69) is 0 Å². The Morgan fingerprint density at radius 1 is 1.09 bits per heavy atom. The number of hydrogen-bond donors (Lipinski definition) is 1. The van der Waals surface area contributed by atoms with Gasteiger partial charge in [-0.3, -0.25) is 9.59 Å². The van der Waals surface area contributed by atoms with Gasteiger partial charge in [0.05, 0.1) is 10.8 Å². The van der Waals surface area contributed by atoms with Crippen LogP contribution in [0.1, 0.15) is 27.6 Å². The topological polar surface area (TPSA) is 54.4 Å². The van der Waals surface area contributed by atoms with Crippen molar-refractivity contribution in [1.82, 2.24) is 0 Å². The first-order chi connectivity index (χ1) is 11.0. The van der Waals surface area contributed by atoms with E-state index < -0.39 is 5.97 Å². The zero-order chi connectivity index (χ0) is 16.8. The summed E-state index contributed by atoms with van der Waals surface area (Å²) in [5.74, 6) is -1.12. The molecule has 0 spiro atoms. The second-order valence-corrected chi connectivity index (χ2v) is 6.89. The quantitative estimate of drug-likeness (QED) is 0.688. The molecule has 2 rings (SSSR count). The lowest BCUT2D eigenvalue weighted by Crippen LogP contribution is -2.09. The molecule has 0 aliphatic rings. The molecule has 1 N–H and O–H groups in total. The highest BCUT2D eigenvalue weighted by Crippen LogP contribution is 2.34. The third-order valence-electron chi connectivity index (χ3n) is 3.18. The maximum absolute atomic E-state index is 12.5. The Bertz CT molecular complexity index is 704. The highest BCUT2D eigenvalue weighted by Gasteiger charge is 2.20. The molecular formula is C17H14Cl2O3S. The molecular weight excluding hydrogens is 355 g/mol. The minimum absolute atomic E-state index is 0.0683. The molecule has 0 aliphatic carbocycles. The van der Waals surface area contributed by atoms with Crippen LogP contribution >= 0.6 is 35.0 Å². The standard InChI is InChI=1S/C17H14Cl2O3S/c18-12-6-7-13(14(19)8-12)15(20)9-16(23-10-17(21)22)11-4-2-1-3-5-11/h1-8,16H,9-10H2,(H,21,22). The molecule has 0 fully saturated rings. The fraction of sp³-hybridized carbons (Fsp3) is 0.176. The van der Waals surface area contributed by atoms with E-state index in [-0.39, 0.29) is 23.2 Å². The summed E-state index contributed by atoms with van der Waals surface area (Å²) in [6, 6.07) is 14.1. The van der Waals surface area contributed by atoms with E-state index in [1.807, 2.05) is 30.3 Å². The Kier molecular flexibility index (Phi) is 6.51. The largest absolute Gasteiger partial charge is 0.481 e. The number of halogens is 2. The SMILES string of the molecule is O=C(O)CSC(CC(=O)c1ccc(Cl)cc1Cl)c1ccccc1. The maximum Gasteiger partial charge on any atom is 0.313 e. The smallest absolute Gasteiger partial charge is 0.313 e. The zero-order valence-electron chi connectivity index (χ0n) is 12.0. The summed E-state index contributed by atoms with van der Waals surface area (Å²) in [5, 5.41) is 9.42. The van der Waals surface area contributed by atoms with Crippen molar-refractivity contribution in [3.05, 3.63) is 69.7 Å². The van der Waals surface area contributed by atoms with Crippen molar-refractivity contribution in [3.8, 4) is 0 Å². The summed E-state index contributed by atoms with van der Waals surface area (Å²) in [5.41, 5.74) is 1.31. The van der Waals surface area contributed by atoms with Crippen LogP contribution in [-0.2, 0) is 4.79 Å². The summed E-state index contributed by atoms with van der Waals surface area (Å²) in [6.45, 7) is 0. The fourth-order valence-electron chi connectivity index (χ4n) is 2.11. The van der Waals surface area contributed by atoms with E-state index in [9.17, 15) is 9.59 Å². The molecule has 2 aromatic carbocycles. The Hall–Kier alpha value is -1.49. The Morgan fingerprint density at radius 2 is 1.78 bits per heavy atom. The molecule has 0 saturated heterocycles. The third kappa shape index (κ3) is 5.27. The van der Waals surface area contributed by atoms with E-state index in [0.29, 0.717) is 15.6 Å². The summed E-state index contributed by atoms with van der Waals surface area (Å²) in [7, 11) is 0. The maximum atomic E-state index is 12.5. The van der Waals surface area contributed by atoms with Crippen molar-refractivity contribution in [2.45, 2.75) is 11.7 Å². The van der Waals surface area contributed by atoms with Gasteiger partial charge in [-0.25, -0.2) is 0 Å². The molecule has 3 nitrogen and oxygen atoms in total. The van der Waals surface area contributed by atoms with Gasteiger partial charge in [-0.2, -0.15) is 0 Å². The van der Waals surface area contributed by atoms with Crippen molar-refractivity contribution in [1.29, 1.82) is 0 Å². The number of carbonyl (C=O) groups is 2. The molecule has 0 aliphatic heterocycles. The Morgan fingerprint density at radius 3 is 2.39 bits per heavy atom. The summed E-state index contributed by atoms with van der Waals surface area (Å²) >= 11 is 13.1. The van der Waals surface area contributed by atoms with Crippen LogP contribution in [0.4, 0.5) is 0 Å². The van der Waals surface area contributed by atoms with Crippen molar-refractivity contribution >= 4 is 46.7 Å². The van der Waals surface area contributed by atoms with Crippen LogP contribution < -0.4 is 0 Å². The van der Waals surface area contributed by atoms with Crippen LogP contribution in [-0.4, -0.2) is 22.6 Å². The summed E-state index contributed by atoms with van der Waals surface area (Å²) in [6.07, 6.45) is 0.170. The lowest BCUT2D eigenvalue weighted by atomic mass is 10.0. The first-order valence-electron chi connectivity index (χ1n) is 6.84. The number of Topliss-reactive ketones (excluding diaryl/α,β-unsaturated/α-hetero) is 1. The Labute approximate surface area is 148 Å². The molecule has 0 amide bonds. The fourth-order valence-corrected chi connectivity index (χ4v) is 3.58.